The van der Waals surface area contributed by atoms with Gasteiger partial charge in [-0.25, -0.2) is 9.78 Å². The molecular formula is C15H12ClN3O6. The number of halogens is 1. The molecule has 10 heteroatoms. The number of rotatable bonds is 6. The average molecular weight is 366 g/mol. The molecular weight excluding hydrogens is 354 g/mol. The monoisotopic (exact) mass is 365 g/mol. The van der Waals surface area contributed by atoms with Crippen LogP contribution >= 0.6 is 11.6 Å². The maximum absolute atomic E-state index is 11.9. The van der Waals surface area contributed by atoms with Crippen LogP contribution in [0.3, 0.4) is 0 Å². The Morgan fingerprint density at radius 1 is 1.32 bits per heavy atom. The highest BCUT2D eigenvalue weighted by Crippen LogP contribution is 2.28. The third-order valence-corrected chi connectivity index (χ3v) is 3.17. The van der Waals surface area contributed by atoms with Crippen LogP contribution in [0.2, 0.25) is 5.02 Å². The fourth-order valence-corrected chi connectivity index (χ4v) is 1.97. The van der Waals surface area contributed by atoms with E-state index < -0.39 is 23.4 Å². The second kappa shape index (κ2) is 8.06. The number of ether oxygens (including phenoxy) is 2. The molecule has 9 nitrogen and oxygen atoms in total. The number of anilines is 1. The molecule has 0 saturated heterocycles. The first-order chi connectivity index (χ1) is 11.9. The lowest BCUT2D eigenvalue weighted by Gasteiger charge is -2.10. The third kappa shape index (κ3) is 4.88. The van der Waals surface area contributed by atoms with E-state index in [-0.39, 0.29) is 22.8 Å². The van der Waals surface area contributed by atoms with E-state index in [0.717, 1.165) is 6.07 Å². The fraction of sp³-hybridized carbons (Fsp3) is 0.133. The van der Waals surface area contributed by atoms with Crippen molar-refractivity contribution < 1.29 is 24.0 Å². The number of nitrogens with one attached hydrogen (secondary N) is 1. The molecule has 1 amide bonds. The van der Waals surface area contributed by atoms with Gasteiger partial charge in [0.1, 0.15) is 11.4 Å². The van der Waals surface area contributed by atoms with Crippen LogP contribution in [0.5, 0.6) is 5.75 Å². The zero-order valence-corrected chi connectivity index (χ0v) is 13.6. The lowest BCUT2D eigenvalue weighted by Crippen LogP contribution is -2.21. The Morgan fingerprint density at radius 3 is 2.72 bits per heavy atom. The second-order valence-electron chi connectivity index (χ2n) is 4.63. The van der Waals surface area contributed by atoms with Crippen molar-refractivity contribution in [2.45, 2.75) is 0 Å². The number of carbonyl (C=O) groups excluding carboxylic acids is 2. The fourth-order valence-electron chi connectivity index (χ4n) is 1.81. The molecule has 1 aromatic heterocycles. The molecule has 0 unspecified atom stereocenters. The van der Waals surface area contributed by atoms with Crippen LogP contribution in [0.4, 0.5) is 11.4 Å². The summed E-state index contributed by atoms with van der Waals surface area (Å²) in [5.41, 5.74) is -0.192. The highest BCUT2D eigenvalue weighted by Gasteiger charge is 2.16. The zero-order chi connectivity index (χ0) is 18.4. The quantitative estimate of drug-likeness (QED) is 0.474. The number of aromatic nitrogens is 1. The summed E-state index contributed by atoms with van der Waals surface area (Å²) < 4.78 is 9.84. The van der Waals surface area contributed by atoms with Crippen molar-refractivity contribution in [3.63, 3.8) is 0 Å². The van der Waals surface area contributed by atoms with E-state index in [2.05, 4.69) is 10.3 Å². The number of nitro benzene ring substituents is 1. The van der Waals surface area contributed by atoms with E-state index in [4.69, 9.17) is 21.1 Å². The predicted molar refractivity (Wildman–Crippen MR) is 87.8 cm³/mol. The smallest absolute Gasteiger partial charge is 0.357 e. The largest absolute Gasteiger partial charge is 0.495 e. The molecule has 0 aliphatic rings. The standard InChI is InChI=1S/C15H12ClN3O6/c1-24-13-3-2-10(19(22)23)7-11(13)18-14(20)8-25-15(21)12-6-9(16)4-5-17-12/h2-7H,8H2,1H3,(H,18,20). The number of pyridine rings is 1. The number of hydrogen-bond acceptors (Lipinski definition) is 7. The molecule has 0 spiro atoms. The normalized spacial score (nSPS) is 10.0. The van der Waals surface area contributed by atoms with Crippen molar-refractivity contribution >= 4 is 34.9 Å². The molecule has 0 fully saturated rings. The third-order valence-electron chi connectivity index (χ3n) is 2.93. The molecule has 0 bridgehead atoms. The molecule has 0 saturated carbocycles. The lowest BCUT2D eigenvalue weighted by atomic mass is 10.2. The molecule has 1 heterocycles. The van der Waals surface area contributed by atoms with Crippen molar-refractivity contribution in [1.82, 2.24) is 4.98 Å². The van der Waals surface area contributed by atoms with Gasteiger partial charge in [0.15, 0.2) is 6.61 Å². The number of carbonyl (C=O) groups is 2. The van der Waals surface area contributed by atoms with Crippen LogP contribution in [0, 0.1) is 10.1 Å². The number of nitrogens with zero attached hydrogens (tertiary/aromatic N) is 2. The van der Waals surface area contributed by atoms with Crippen LogP contribution in [0.25, 0.3) is 0 Å². The summed E-state index contributed by atoms with van der Waals surface area (Å²) in [6.07, 6.45) is 1.33. The SMILES string of the molecule is COc1ccc([N+](=O)[O-])cc1NC(=O)COC(=O)c1cc(Cl)ccn1. The molecule has 2 aromatic rings. The van der Waals surface area contributed by atoms with Crippen LogP contribution in [-0.2, 0) is 9.53 Å². The number of esters is 1. The average Bonchev–Trinajstić information content (AvgIpc) is 2.59. The second-order valence-corrected chi connectivity index (χ2v) is 5.06. The maximum atomic E-state index is 11.9. The maximum Gasteiger partial charge on any atom is 0.357 e. The Hall–Kier alpha value is -3.20. The Labute approximate surface area is 146 Å². The summed E-state index contributed by atoms with van der Waals surface area (Å²) >= 11 is 5.74. The van der Waals surface area contributed by atoms with Crippen molar-refractivity contribution in [3.8, 4) is 5.75 Å². The summed E-state index contributed by atoms with van der Waals surface area (Å²) in [5.74, 6) is -1.31. The Kier molecular flexibility index (Phi) is 5.85. The summed E-state index contributed by atoms with van der Waals surface area (Å²) in [6, 6.07) is 6.50. The Bertz CT molecular complexity index is 827. The van der Waals surface area contributed by atoms with Crippen LogP contribution in [0.1, 0.15) is 10.5 Å². The van der Waals surface area contributed by atoms with Gasteiger partial charge in [-0.2, -0.15) is 0 Å². The minimum absolute atomic E-state index is 0.0479. The number of nitro groups is 1. The molecule has 1 aromatic carbocycles. The summed E-state index contributed by atoms with van der Waals surface area (Å²) in [7, 11) is 1.35. The van der Waals surface area contributed by atoms with Gasteiger partial charge in [-0.1, -0.05) is 11.6 Å². The van der Waals surface area contributed by atoms with Gasteiger partial charge in [0, 0.05) is 23.4 Å². The van der Waals surface area contributed by atoms with Gasteiger partial charge >= 0.3 is 5.97 Å². The van der Waals surface area contributed by atoms with Gasteiger partial charge in [-0.3, -0.25) is 14.9 Å². The first-order valence-corrected chi connectivity index (χ1v) is 7.19. The van der Waals surface area contributed by atoms with Crippen LogP contribution in [-0.4, -0.2) is 35.5 Å². The van der Waals surface area contributed by atoms with Gasteiger partial charge in [0.25, 0.3) is 11.6 Å². The topological polar surface area (TPSA) is 121 Å². The minimum Gasteiger partial charge on any atom is -0.495 e. The van der Waals surface area contributed by atoms with E-state index in [1.165, 1.54) is 37.6 Å². The molecule has 25 heavy (non-hydrogen) atoms. The van der Waals surface area contributed by atoms with Gasteiger partial charge in [0.05, 0.1) is 17.7 Å². The van der Waals surface area contributed by atoms with Crippen molar-refractivity contribution in [3.05, 3.63) is 57.4 Å². The number of amides is 1. The van der Waals surface area contributed by atoms with Crippen molar-refractivity contribution in [1.29, 1.82) is 0 Å². The number of non-ortho nitro benzene ring substituents is 1. The summed E-state index contributed by atoms with van der Waals surface area (Å²) in [4.78, 5) is 37.7. The highest BCUT2D eigenvalue weighted by atomic mass is 35.5. The minimum atomic E-state index is -0.830. The molecule has 0 aliphatic heterocycles. The number of methoxy groups -OCH3 is 1. The van der Waals surface area contributed by atoms with Gasteiger partial charge in [0.2, 0.25) is 0 Å². The van der Waals surface area contributed by atoms with Gasteiger partial charge < -0.3 is 14.8 Å². The number of hydrogen-bond donors (Lipinski definition) is 1. The molecule has 130 valence electrons. The Balaban J connectivity index is 2.01. The molecule has 0 aliphatic carbocycles. The molecule has 0 radical (unpaired) electrons. The number of benzene rings is 1. The highest BCUT2D eigenvalue weighted by molar-refractivity contribution is 6.30. The molecule has 1 N–H and O–H groups in total. The molecule has 0 atom stereocenters. The van der Waals surface area contributed by atoms with E-state index in [1.807, 2.05) is 0 Å². The van der Waals surface area contributed by atoms with E-state index in [1.54, 1.807) is 0 Å². The van der Waals surface area contributed by atoms with Crippen molar-refractivity contribution in [2.24, 2.45) is 0 Å². The van der Waals surface area contributed by atoms with Crippen molar-refractivity contribution in [2.75, 3.05) is 19.0 Å². The van der Waals surface area contributed by atoms with Crippen LogP contribution in [0.15, 0.2) is 36.5 Å². The van der Waals surface area contributed by atoms with Gasteiger partial charge in [-0.05, 0) is 18.2 Å². The summed E-state index contributed by atoms with van der Waals surface area (Å²) in [6.45, 7) is -0.612. The van der Waals surface area contributed by atoms with E-state index in [0.29, 0.717) is 5.02 Å². The first-order valence-electron chi connectivity index (χ1n) is 6.81. The zero-order valence-electron chi connectivity index (χ0n) is 12.9. The van der Waals surface area contributed by atoms with Crippen LogP contribution < -0.4 is 10.1 Å². The summed E-state index contributed by atoms with van der Waals surface area (Å²) in [5, 5.41) is 13.5. The predicted octanol–water partition coefficient (Wildman–Crippen LogP) is 2.45. The van der Waals surface area contributed by atoms with E-state index >= 15 is 0 Å². The lowest BCUT2D eigenvalue weighted by molar-refractivity contribution is -0.384. The Morgan fingerprint density at radius 2 is 2.08 bits per heavy atom. The first kappa shape index (κ1) is 18.1. The van der Waals surface area contributed by atoms with E-state index in [9.17, 15) is 19.7 Å². The van der Waals surface area contributed by atoms with Gasteiger partial charge in [-0.15, -0.1) is 0 Å². The molecule has 2 rings (SSSR count).